The molecule has 1 aliphatic heterocycles. The summed E-state index contributed by atoms with van der Waals surface area (Å²) in [7, 11) is 0. The van der Waals surface area contributed by atoms with Gasteiger partial charge in [0.25, 0.3) is 0 Å². The quantitative estimate of drug-likeness (QED) is 0.270. The van der Waals surface area contributed by atoms with Crippen molar-refractivity contribution < 1.29 is 9.18 Å². The number of nitrogens with zero attached hydrogens (tertiary/aromatic N) is 4. The van der Waals surface area contributed by atoms with Gasteiger partial charge in [0.05, 0.1) is 29.7 Å². The third kappa shape index (κ3) is 4.50. The number of amides is 2. The lowest BCUT2D eigenvalue weighted by atomic mass is 10.0. The second-order valence-electron chi connectivity index (χ2n) is 9.72. The molecule has 1 aliphatic rings. The van der Waals surface area contributed by atoms with Gasteiger partial charge in [-0.05, 0) is 72.5 Å². The van der Waals surface area contributed by atoms with Crippen molar-refractivity contribution in [3.05, 3.63) is 131 Å². The molecule has 6 nitrogen and oxygen atoms in total. The van der Waals surface area contributed by atoms with Crippen LogP contribution in [0, 0.1) is 5.82 Å². The number of carbonyl (C=O) groups excluding carboxylic acids is 1. The van der Waals surface area contributed by atoms with E-state index < -0.39 is 6.04 Å². The van der Waals surface area contributed by atoms with Crippen LogP contribution in [0.5, 0.6) is 0 Å². The van der Waals surface area contributed by atoms with Crippen molar-refractivity contribution in [2.45, 2.75) is 39.3 Å². The van der Waals surface area contributed by atoms with Gasteiger partial charge >= 0.3 is 6.03 Å². The van der Waals surface area contributed by atoms with Crippen molar-refractivity contribution in [2.24, 2.45) is 0 Å². The van der Waals surface area contributed by atoms with E-state index in [1.165, 1.54) is 17.7 Å². The molecule has 0 aliphatic carbocycles. The largest absolute Gasteiger partial charge is 0.322 e. The molecule has 0 bridgehead atoms. The fourth-order valence-corrected chi connectivity index (χ4v) is 5.39. The van der Waals surface area contributed by atoms with E-state index in [9.17, 15) is 9.18 Å². The predicted octanol–water partition coefficient (Wildman–Crippen LogP) is 7.06. The summed E-state index contributed by atoms with van der Waals surface area (Å²) in [6.07, 6.45) is 3.62. The first-order valence-electron chi connectivity index (χ1n) is 13.3. The van der Waals surface area contributed by atoms with Gasteiger partial charge in [0.1, 0.15) is 11.6 Å². The van der Waals surface area contributed by atoms with Gasteiger partial charge in [0, 0.05) is 17.4 Å². The smallest absolute Gasteiger partial charge is 0.308 e. The van der Waals surface area contributed by atoms with Crippen molar-refractivity contribution in [2.75, 3.05) is 5.32 Å². The minimum Gasteiger partial charge on any atom is -0.308 e. The van der Waals surface area contributed by atoms with Crippen LogP contribution in [-0.4, -0.2) is 25.3 Å². The Bertz CT molecular complexity index is 1620. The van der Waals surface area contributed by atoms with E-state index in [-0.39, 0.29) is 11.8 Å². The van der Waals surface area contributed by atoms with Gasteiger partial charge in [-0.1, -0.05) is 56.3 Å². The highest BCUT2D eigenvalue weighted by Crippen LogP contribution is 2.39. The molecular formula is C32H30FN5O. The molecule has 1 atom stereocenters. The molecule has 0 fully saturated rings. The molecule has 0 saturated carbocycles. The van der Waals surface area contributed by atoms with Crippen LogP contribution in [0.3, 0.4) is 0 Å². The van der Waals surface area contributed by atoms with E-state index in [2.05, 4.69) is 23.7 Å². The number of aryl methyl sites for hydroxylation is 2. The van der Waals surface area contributed by atoms with E-state index in [1.807, 2.05) is 83.7 Å². The summed E-state index contributed by atoms with van der Waals surface area (Å²) in [5.41, 5.74) is 6.29. The molecule has 0 spiro atoms. The zero-order chi connectivity index (χ0) is 26.9. The van der Waals surface area contributed by atoms with Crippen LogP contribution in [0.15, 0.2) is 97.2 Å². The van der Waals surface area contributed by atoms with Crippen LogP contribution < -0.4 is 5.32 Å². The number of halogens is 1. The highest BCUT2D eigenvalue weighted by molar-refractivity contribution is 5.90. The Hall–Kier alpha value is -4.65. The zero-order valence-corrected chi connectivity index (χ0v) is 22.0. The van der Waals surface area contributed by atoms with Crippen LogP contribution in [0.4, 0.5) is 14.9 Å². The lowest BCUT2D eigenvalue weighted by Crippen LogP contribution is -2.38. The molecule has 7 heteroatoms. The van der Waals surface area contributed by atoms with Crippen molar-refractivity contribution in [1.29, 1.82) is 0 Å². The summed E-state index contributed by atoms with van der Waals surface area (Å²) >= 11 is 0. The van der Waals surface area contributed by atoms with E-state index >= 15 is 0 Å². The second kappa shape index (κ2) is 10.3. The number of aromatic nitrogens is 3. The zero-order valence-electron chi connectivity index (χ0n) is 22.0. The maximum atomic E-state index is 14.5. The molecule has 196 valence electrons. The number of rotatable bonds is 5. The first-order valence-corrected chi connectivity index (χ1v) is 13.3. The summed E-state index contributed by atoms with van der Waals surface area (Å²) in [5.74, 6) is 0.551. The summed E-state index contributed by atoms with van der Waals surface area (Å²) in [4.78, 5) is 15.8. The molecule has 3 heterocycles. The minimum absolute atomic E-state index is 0.261. The molecule has 0 radical (unpaired) electrons. The second-order valence-corrected chi connectivity index (χ2v) is 9.72. The van der Waals surface area contributed by atoms with E-state index in [0.29, 0.717) is 24.2 Å². The number of para-hydroxylation sites is 1. The molecule has 0 saturated heterocycles. The first-order chi connectivity index (χ1) is 19.1. The Morgan fingerprint density at radius 1 is 0.949 bits per heavy atom. The molecule has 6 rings (SSSR count). The van der Waals surface area contributed by atoms with Crippen molar-refractivity contribution in [3.63, 3.8) is 0 Å². The molecule has 1 N–H and O–H groups in total. The maximum Gasteiger partial charge on any atom is 0.322 e. The van der Waals surface area contributed by atoms with Crippen LogP contribution in [0.2, 0.25) is 0 Å². The number of fused-ring (bicyclic) bond motifs is 3. The third-order valence-electron chi connectivity index (χ3n) is 7.34. The normalized spacial score (nSPS) is 14.4. The number of carbonyl (C=O) groups is 1. The highest BCUT2D eigenvalue weighted by atomic mass is 19.1. The lowest BCUT2D eigenvalue weighted by molar-refractivity contribution is 0.194. The Kier molecular flexibility index (Phi) is 6.49. The standard InChI is InChI=1S/C32H30FN5O/c1-3-22-15-17-25(18-16-22)34-32(39)37-21-27-28(4-2)35-38(26-12-6-5-7-13-26)31(27)36-19-9-14-29(36)30(37)23-10-8-11-24(33)20-23/h5-20,30H,3-4,21H2,1-2H3,(H,34,39)/t30-/m1/s1. The lowest BCUT2D eigenvalue weighted by Gasteiger charge is -2.31. The Labute approximate surface area is 227 Å². The van der Waals surface area contributed by atoms with Gasteiger partial charge in [-0.15, -0.1) is 0 Å². The van der Waals surface area contributed by atoms with E-state index in [4.69, 9.17) is 5.10 Å². The topological polar surface area (TPSA) is 55.1 Å². The van der Waals surface area contributed by atoms with Gasteiger partial charge in [0.15, 0.2) is 0 Å². The first kappa shape index (κ1) is 24.7. The van der Waals surface area contributed by atoms with E-state index in [0.717, 1.165) is 34.9 Å². The van der Waals surface area contributed by atoms with Gasteiger partial charge < -0.3 is 14.8 Å². The van der Waals surface area contributed by atoms with Gasteiger partial charge in [-0.2, -0.15) is 5.10 Å². The fraction of sp³-hybridized carbons (Fsp3) is 0.188. The average Bonchev–Trinajstić information content (AvgIpc) is 3.55. The van der Waals surface area contributed by atoms with Gasteiger partial charge in [-0.25, -0.2) is 13.9 Å². The number of hydrogen-bond donors (Lipinski definition) is 1. The molecule has 0 unspecified atom stereocenters. The highest BCUT2D eigenvalue weighted by Gasteiger charge is 2.36. The Morgan fingerprint density at radius 2 is 1.74 bits per heavy atom. The molecule has 2 aromatic heterocycles. The Balaban J connectivity index is 1.53. The number of urea groups is 1. The van der Waals surface area contributed by atoms with Crippen molar-refractivity contribution in [1.82, 2.24) is 19.2 Å². The van der Waals surface area contributed by atoms with E-state index in [1.54, 1.807) is 11.0 Å². The van der Waals surface area contributed by atoms with Crippen LogP contribution in [0.1, 0.15) is 48.0 Å². The monoisotopic (exact) mass is 519 g/mol. The number of anilines is 1. The van der Waals surface area contributed by atoms with Crippen LogP contribution in [-0.2, 0) is 19.4 Å². The fourth-order valence-electron chi connectivity index (χ4n) is 5.39. The van der Waals surface area contributed by atoms with Crippen LogP contribution in [0.25, 0.3) is 11.5 Å². The summed E-state index contributed by atoms with van der Waals surface area (Å²) in [6.45, 7) is 4.48. The number of hydrogen-bond acceptors (Lipinski definition) is 2. The summed E-state index contributed by atoms with van der Waals surface area (Å²) < 4.78 is 18.6. The van der Waals surface area contributed by atoms with Crippen LogP contribution >= 0.6 is 0 Å². The third-order valence-corrected chi connectivity index (χ3v) is 7.34. The van der Waals surface area contributed by atoms with Gasteiger partial charge in [0.2, 0.25) is 0 Å². The molecule has 3 aromatic carbocycles. The van der Waals surface area contributed by atoms with Crippen molar-refractivity contribution in [3.8, 4) is 11.5 Å². The summed E-state index contributed by atoms with van der Waals surface area (Å²) in [5, 5.41) is 8.08. The molecule has 39 heavy (non-hydrogen) atoms. The van der Waals surface area contributed by atoms with Crippen molar-refractivity contribution >= 4 is 11.7 Å². The SMILES string of the molecule is CCc1ccc(NC(=O)N2Cc3c(CC)nn(-c4ccccc4)c3-n3cccc3[C@H]2c2cccc(F)c2)cc1. The maximum absolute atomic E-state index is 14.5. The predicted molar refractivity (Wildman–Crippen MR) is 151 cm³/mol. The minimum atomic E-state index is -0.521. The summed E-state index contributed by atoms with van der Waals surface area (Å²) in [6, 6.07) is 27.6. The van der Waals surface area contributed by atoms with Gasteiger partial charge in [-0.3, -0.25) is 0 Å². The average molecular weight is 520 g/mol. The number of benzene rings is 3. The Morgan fingerprint density at radius 3 is 2.46 bits per heavy atom. The molecular weight excluding hydrogens is 489 g/mol. The molecule has 5 aromatic rings. The molecule has 2 amide bonds. The number of nitrogens with one attached hydrogen (secondary N) is 1.